The van der Waals surface area contributed by atoms with Crippen LogP contribution in [0.15, 0.2) is 12.1 Å². The van der Waals surface area contributed by atoms with Gasteiger partial charge in [-0.1, -0.05) is 0 Å². The number of aliphatic hydroxyl groups is 1. The van der Waals surface area contributed by atoms with Crippen molar-refractivity contribution in [2.45, 2.75) is 12.3 Å². The zero-order valence-electron chi connectivity index (χ0n) is 9.45. The van der Waals surface area contributed by atoms with Crippen molar-refractivity contribution in [3.05, 3.63) is 17.7 Å². The third-order valence-corrected chi connectivity index (χ3v) is 2.48. The van der Waals surface area contributed by atoms with Gasteiger partial charge in [-0.15, -0.1) is 0 Å². The van der Waals surface area contributed by atoms with Crippen LogP contribution in [0.3, 0.4) is 0 Å². The summed E-state index contributed by atoms with van der Waals surface area (Å²) in [6.07, 6.45) is -7.32. The van der Waals surface area contributed by atoms with Crippen molar-refractivity contribution in [1.82, 2.24) is 0 Å². The lowest BCUT2D eigenvalue weighted by Crippen LogP contribution is -2.21. The summed E-state index contributed by atoms with van der Waals surface area (Å²) >= 11 is 0. The number of benzene rings is 1. The molecule has 0 bridgehead atoms. The third-order valence-electron chi connectivity index (χ3n) is 2.48. The lowest BCUT2D eigenvalue weighted by atomic mass is 10.1. The van der Waals surface area contributed by atoms with Gasteiger partial charge in [0, 0.05) is 0 Å². The Morgan fingerprint density at radius 1 is 1.28 bits per heavy atom. The maximum Gasteiger partial charge on any atom is 0.418 e. The van der Waals surface area contributed by atoms with Crippen molar-refractivity contribution in [2.24, 2.45) is 0 Å². The van der Waals surface area contributed by atoms with Crippen LogP contribution >= 0.6 is 0 Å². The standard InChI is InChI=1S/C11H11F3O4/c1-16-7-4-6(10(15)11(12,13)14)5-8-9(7)18-3-2-17-8/h4-5,10,15H,2-3H2,1H3. The van der Waals surface area contributed by atoms with Crippen LogP contribution in [0.4, 0.5) is 13.2 Å². The van der Waals surface area contributed by atoms with Crippen molar-refractivity contribution in [2.75, 3.05) is 20.3 Å². The lowest BCUT2D eigenvalue weighted by Gasteiger charge is -2.23. The van der Waals surface area contributed by atoms with Crippen LogP contribution in [-0.4, -0.2) is 31.6 Å². The van der Waals surface area contributed by atoms with Gasteiger partial charge in [0.15, 0.2) is 17.6 Å². The minimum Gasteiger partial charge on any atom is -0.493 e. The molecule has 0 fully saturated rings. The van der Waals surface area contributed by atoms with Gasteiger partial charge in [-0.05, 0) is 17.7 Å². The fraction of sp³-hybridized carbons (Fsp3) is 0.455. The molecule has 0 aliphatic carbocycles. The van der Waals surface area contributed by atoms with E-state index in [1.54, 1.807) is 0 Å². The summed E-state index contributed by atoms with van der Waals surface area (Å²) < 4.78 is 52.7. The second kappa shape index (κ2) is 4.56. The van der Waals surface area contributed by atoms with Gasteiger partial charge in [-0.25, -0.2) is 0 Å². The second-order valence-electron chi connectivity index (χ2n) is 3.69. The minimum absolute atomic E-state index is 0.102. The molecule has 2 rings (SSSR count). The average Bonchev–Trinajstić information content (AvgIpc) is 2.35. The molecule has 1 unspecified atom stereocenters. The van der Waals surface area contributed by atoms with E-state index in [1.807, 2.05) is 0 Å². The highest BCUT2D eigenvalue weighted by Gasteiger charge is 2.40. The predicted octanol–water partition coefficient (Wildman–Crippen LogP) is 2.06. The molecule has 0 aromatic heterocycles. The number of hydrogen-bond donors (Lipinski definition) is 1. The number of aliphatic hydroxyl groups excluding tert-OH is 1. The molecule has 0 amide bonds. The lowest BCUT2D eigenvalue weighted by molar-refractivity contribution is -0.206. The van der Waals surface area contributed by atoms with Crippen molar-refractivity contribution in [3.63, 3.8) is 0 Å². The Hall–Kier alpha value is -1.63. The summed E-state index contributed by atoms with van der Waals surface area (Å²) in [7, 11) is 1.30. The van der Waals surface area contributed by atoms with Crippen LogP contribution < -0.4 is 14.2 Å². The fourth-order valence-corrected chi connectivity index (χ4v) is 1.64. The van der Waals surface area contributed by atoms with Crippen LogP contribution in [0, 0.1) is 0 Å². The summed E-state index contributed by atoms with van der Waals surface area (Å²) in [5.41, 5.74) is -0.344. The molecule has 100 valence electrons. The second-order valence-corrected chi connectivity index (χ2v) is 3.69. The molecule has 18 heavy (non-hydrogen) atoms. The normalized spacial score (nSPS) is 16.3. The summed E-state index contributed by atoms with van der Waals surface area (Å²) in [5, 5.41) is 9.20. The molecular weight excluding hydrogens is 253 g/mol. The number of fused-ring (bicyclic) bond motifs is 1. The van der Waals surface area contributed by atoms with Crippen molar-refractivity contribution >= 4 is 0 Å². The molecule has 1 aliphatic heterocycles. The van der Waals surface area contributed by atoms with Gasteiger partial charge in [0.25, 0.3) is 0 Å². The van der Waals surface area contributed by atoms with Crippen molar-refractivity contribution < 1.29 is 32.5 Å². The highest BCUT2D eigenvalue weighted by molar-refractivity contribution is 5.55. The molecule has 0 saturated heterocycles. The predicted molar refractivity (Wildman–Crippen MR) is 55.0 cm³/mol. The zero-order chi connectivity index (χ0) is 13.3. The van der Waals surface area contributed by atoms with Crippen LogP contribution in [0.5, 0.6) is 17.2 Å². The van der Waals surface area contributed by atoms with Crippen LogP contribution in [0.25, 0.3) is 0 Å². The van der Waals surface area contributed by atoms with E-state index >= 15 is 0 Å². The van der Waals surface area contributed by atoms with Crippen LogP contribution in [0.2, 0.25) is 0 Å². The van der Waals surface area contributed by atoms with Gasteiger partial charge in [0.2, 0.25) is 5.75 Å². The Morgan fingerprint density at radius 3 is 2.56 bits per heavy atom. The maximum absolute atomic E-state index is 12.4. The molecule has 0 spiro atoms. The van der Waals surface area contributed by atoms with E-state index in [2.05, 4.69) is 0 Å². The quantitative estimate of drug-likeness (QED) is 0.888. The van der Waals surface area contributed by atoms with E-state index < -0.39 is 12.3 Å². The van der Waals surface area contributed by atoms with Gasteiger partial charge in [-0.2, -0.15) is 13.2 Å². The maximum atomic E-state index is 12.4. The molecule has 1 aliphatic rings. The first kappa shape index (κ1) is 12.8. The van der Waals surface area contributed by atoms with Gasteiger partial charge < -0.3 is 19.3 Å². The summed E-state index contributed by atoms with van der Waals surface area (Å²) in [4.78, 5) is 0. The number of ether oxygens (including phenoxy) is 3. The average molecular weight is 264 g/mol. The molecule has 1 atom stereocenters. The largest absolute Gasteiger partial charge is 0.493 e. The molecule has 0 radical (unpaired) electrons. The van der Waals surface area contributed by atoms with E-state index in [1.165, 1.54) is 7.11 Å². The Labute approximate surface area is 101 Å². The number of halogens is 3. The topological polar surface area (TPSA) is 47.9 Å². The molecule has 7 heteroatoms. The first-order valence-corrected chi connectivity index (χ1v) is 5.16. The van der Waals surface area contributed by atoms with Crippen LogP contribution in [0.1, 0.15) is 11.7 Å². The Bertz CT molecular complexity index is 427. The zero-order valence-corrected chi connectivity index (χ0v) is 9.45. The van der Waals surface area contributed by atoms with Crippen molar-refractivity contribution in [1.29, 1.82) is 0 Å². The Balaban J connectivity index is 2.44. The molecule has 1 heterocycles. The van der Waals surface area contributed by atoms with E-state index in [-0.39, 0.29) is 29.4 Å². The van der Waals surface area contributed by atoms with E-state index in [0.717, 1.165) is 12.1 Å². The molecule has 1 aromatic carbocycles. The van der Waals surface area contributed by atoms with Gasteiger partial charge in [-0.3, -0.25) is 0 Å². The number of hydrogen-bond acceptors (Lipinski definition) is 4. The van der Waals surface area contributed by atoms with Gasteiger partial charge >= 0.3 is 6.18 Å². The molecule has 4 nitrogen and oxygen atoms in total. The molecular formula is C11H11F3O4. The van der Waals surface area contributed by atoms with Crippen molar-refractivity contribution in [3.8, 4) is 17.2 Å². The number of rotatable bonds is 2. The molecule has 1 N–H and O–H groups in total. The third kappa shape index (κ3) is 2.31. The monoisotopic (exact) mass is 264 g/mol. The van der Waals surface area contributed by atoms with Gasteiger partial charge in [0.05, 0.1) is 7.11 Å². The van der Waals surface area contributed by atoms with E-state index in [4.69, 9.17) is 14.2 Å². The first-order chi connectivity index (χ1) is 8.43. The molecule has 0 saturated carbocycles. The highest BCUT2D eigenvalue weighted by atomic mass is 19.4. The number of alkyl halides is 3. The van der Waals surface area contributed by atoms with Crippen LogP contribution in [-0.2, 0) is 0 Å². The van der Waals surface area contributed by atoms with Gasteiger partial charge in [0.1, 0.15) is 13.2 Å². The summed E-state index contributed by atoms with van der Waals surface area (Å²) in [6.45, 7) is 0.534. The van der Waals surface area contributed by atoms with E-state index in [9.17, 15) is 18.3 Å². The fourth-order valence-electron chi connectivity index (χ4n) is 1.64. The van der Waals surface area contributed by atoms with E-state index in [0.29, 0.717) is 6.61 Å². The first-order valence-electron chi connectivity index (χ1n) is 5.16. The Morgan fingerprint density at radius 2 is 1.94 bits per heavy atom. The smallest absolute Gasteiger partial charge is 0.418 e. The summed E-state index contributed by atoms with van der Waals surface area (Å²) in [5.74, 6) is 0.492. The highest BCUT2D eigenvalue weighted by Crippen LogP contribution is 2.44. The molecule has 1 aromatic rings. The Kier molecular flexibility index (Phi) is 3.25. The minimum atomic E-state index is -4.74. The SMILES string of the molecule is COc1cc(C(O)C(F)(F)F)cc2c1OCCO2. The summed E-state index contributed by atoms with van der Waals surface area (Å²) in [6, 6.07) is 2.20. The number of methoxy groups -OCH3 is 1.